The molecular formula is C19H17NO6S. The lowest BCUT2D eigenvalue weighted by Gasteiger charge is -2.20. The van der Waals surface area contributed by atoms with Gasteiger partial charge in [-0.1, -0.05) is 0 Å². The van der Waals surface area contributed by atoms with Gasteiger partial charge in [0.1, 0.15) is 17.8 Å². The summed E-state index contributed by atoms with van der Waals surface area (Å²) in [6.07, 6.45) is 2.66. The lowest BCUT2D eigenvalue weighted by atomic mass is 10.3. The highest BCUT2D eigenvalue weighted by molar-refractivity contribution is 7.92. The third-order valence-corrected chi connectivity index (χ3v) is 5.69. The number of anilines is 1. The van der Waals surface area contributed by atoms with Crippen molar-refractivity contribution in [3.63, 3.8) is 0 Å². The highest BCUT2D eigenvalue weighted by Gasteiger charge is 2.21. The van der Waals surface area contributed by atoms with Gasteiger partial charge in [-0.05, 0) is 54.6 Å². The average molecular weight is 387 g/mol. The number of nitrogens with zero attached hydrogens (tertiary/aromatic N) is 1. The Hall–Kier alpha value is -3.26. The predicted octanol–water partition coefficient (Wildman–Crippen LogP) is 3.33. The highest BCUT2D eigenvalue weighted by Crippen LogP contribution is 2.25. The Kier molecular flexibility index (Phi) is 5.18. The zero-order valence-electron chi connectivity index (χ0n) is 14.7. The van der Waals surface area contributed by atoms with E-state index in [4.69, 9.17) is 13.9 Å². The quantitative estimate of drug-likeness (QED) is 0.476. The van der Waals surface area contributed by atoms with Crippen LogP contribution in [0.5, 0.6) is 11.5 Å². The molecule has 0 bridgehead atoms. The summed E-state index contributed by atoms with van der Waals surface area (Å²) >= 11 is 0. The number of furan rings is 1. The third-order valence-electron chi connectivity index (χ3n) is 3.89. The maximum atomic E-state index is 12.7. The van der Waals surface area contributed by atoms with Crippen LogP contribution in [0.1, 0.15) is 10.4 Å². The normalized spacial score (nSPS) is 11.0. The summed E-state index contributed by atoms with van der Waals surface area (Å²) in [6.45, 7) is 0. The number of ether oxygens (including phenoxy) is 2. The summed E-state index contributed by atoms with van der Waals surface area (Å²) in [5.74, 6) is 0.302. The molecule has 7 nitrogen and oxygen atoms in total. The van der Waals surface area contributed by atoms with Gasteiger partial charge in [0, 0.05) is 7.05 Å². The fourth-order valence-corrected chi connectivity index (χ4v) is 3.51. The molecule has 0 aliphatic rings. The molecule has 27 heavy (non-hydrogen) atoms. The van der Waals surface area contributed by atoms with Crippen molar-refractivity contribution in [2.24, 2.45) is 0 Å². The molecule has 0 saturated heterocycles. The molecule has 0 unspecified atom stereocenters. The van der Waals surface area contributed by atoms with E-state index in [9.17, 15) is 13.2 Å². The van der Waals surface area contributed by atoms with Crippen LogP contribution in [0, 0.1) is 0 Å². The number of hydrogen-bond acceptors (Lipinski definition) is 6. The van der Waals surface area contributed by atoms with Gasteiger partial charge < -0.3 is 13.9 Å². The van der Waals surface area contributed by atoms with Crippen molar-refractivity contribution in [2.45, 2.75) is 4.90 Å². The van der Waals surface area contributed by atoms with Gasteiger partial charge in [-0.2, -0.15) is 0 Å². The molecule has 0 N–H and O–H groups in total. The lowest BCUT2D eigenvalue weighted by Crippen LogP contribution is -2.26. The largest absolute Gasteiger partial charge is 0.497 e. The molecule has 3 rings (SSSR count). The average Bonchev–Trinajstić information content (AvgIpc) is 3.23. The molecule has 0 aliphatic carbocycles. The fourth-order valence-electron chi connectivity index (χ4n) is 2.32. The van der Waals surface area contributed by atoms with Crippen LogP contribution < -0.4 is 13.8 Å². The highest BCUT2D eigenvalue weighted by atomic mass is 32.2. The van der Waals surface area contributed by atoms with Crippen molar-refractivity contribution >= 4 is 21.7 Å². The first-order chi connectivity index (χ1) is 12.9. The van der Waals surface area contributed by atoms with Gasteiger partial charge in [-0.25, -0.2) is 13.2 Å². The minimum atomic E-state index is -3.73. The Labute approximate surface area is 156 Å². The van der Waals surface area contributed by atoms with E-state index in [2.05, 4.69) is 0 Å². The van der Waals surface area contributed by atoms with Gasteiger partial charge in [0.05, 0.1) is 29.5 Å². The van der Waals surface area contributed by atoms with Crippen molar-refractivity contribution in [1.29, 1.82) is 0 Å². The van der Waals surface area contributed by atoms with Gasteiger partial charge in [0.2, 0.25) is 0 Å². The third kappa shape index (κ3) is 3.95. The van der Waals surface area contributed by atoms with E-state index in [0.717, 1.165) is 4.31 Å². The van der Waals surface area contributed by atoms with Crippen LogP contribution in [-0.2, 0) is 10.0 Å². The Morgan fingerprint density at radius 1 is 0.963 bits per heavy atom. The summed E-state index contributed by atoms with van der Waals surface area (Å²) < 4.78 is 41.7. The van der Waals surface area contributed by atoms with E-state index >= 15 is 0 Å². The van der Waals surface area contributed by atoms with Crippen LogP contribution in [0.3, 0.4) is 0 Å². The first-order valence-electron chi connectivity index (χ1n) is 7.89. The lowest BCUT2D eigenvalue weighted by molar-refractivity contribution is 0.0734. The molecule has 0 amide bonds. The van der Waals surface area contributed by atoms with Crippen LogP contribution in [0.4, 0.5) is 5.69 Å². The van der Waals surface area contributed by atoms with Gasteiger partial charge in [-0.3, -0.25) is 4.31 Å². The summed E-state index contributed by atoms with van der Waals surface area (Å²) in [5, 5.41) is 0. The second-order valence-corrected chi connectivity index (χ2v) is 7.51. The summed E-state index contributed by atoms with van der Waals surface area (Å²) in [5.41, 5.74) is 0.715. The predicted molar refractivity (Wildman–Crippen MR) is 98.7 cm³/mol. The number of esters is 1. The first-order valence-corrected chi connectivity index (χ1v) is 9.33. The van der Waals surface area contributed by atoms with Crippen LogP contribution in [-0.4, -0.2) is 28.5 Å². The molecule has 0 spiro atoms. The molecule has 0 radical (unpaired) electrons. The zero-order chi connectivity index (χ0) is 19.4. The standard InChI is InChI=1S/C19H17NO6S/c1-20(27(22,23)18-9-7-16(24-2)8-10-18)15-3-5-17(6-4-15)26-19(21)14-11-12-25-13-14/h3-13H,1-2H3. The first kappa shape index (κ1) is 18.5. The van der Waals surface area contributed by atoms with Crippen molar-refractivity contribution in [1.82, 2.24) is 0 Å². The Bertz CT molecular complexity index is 1010. The minimum absolute atomic E-state index is 0.140. The van der Waals surface area contributed by atoms with Crippen LogP contribution >= 0.6 is 0 Å². The number of methoxy groups -OCH3 is 1. The second kappa shape index (κ2) is 7.55. The van der Waals surface area contributed by atoms with Crippen molar-refractivity contribution in [3.05, 3.63) is 72.7 Å². The fraction of sp³-hybridized carbons (Fsp3) is 0.105. The number of benzene rings is 2. The smallest absolute Gasteiger partial charge is 0.346 e. The van der Waals surface area contributed by atoms with Gasteiger partial charge in [0.25, 0.3) is 10.0 Å². The molecule has 0 atom stereocenters. The molecule has 140 valence electrons. The Balaban J connectivity index is 1.76. The van der Waals surface area contributed by atoms with Crippen LogP contribution in [0.15, 0.2) is 76.4 Å². The Morgan fingerprint density at radius 3 is 2.15 bits per heavy atom. The number of carbonyl (C=O) groups is 1. The number of carbonyl (C=O) groups excluding carboxylic acids is 1. The minimum Gasteiger partial charge on any atom is -0.497 e. The molecule has 0 aliphatic heterocycles. The van der Waals surface area contributed by atoms with Gasteiger partial charge in [-0.15, -0.1) is 0 Å². The molecule has 1 heterocycles. The topological polar surface area (TPSA) is 86.0 Å². The van der Waals surface area contributed by atoms with Crippen molar-refractivity contribution in [2.75, 3.05) is 18.5 Å². The van der Waals surface area contributed by atoms with Crippen LogP contribution in [0.25, 0.3) is 0 Å². The van der Waals surface area contributed by atoms with Crippen LogP contribution in [0.2, 0.25) is 0 Å². The number of rotatable bonds is 6. The molecule has 8 heteroatoms. The zero-order valence-corrected chi connectivity index (χ0v) is 15.5. The molecule has 3 aromatic rings. The van der Waals surface area contributed by atoms with E-state index in [-0.39, 0.29) is 4.90 Å². The molecule has 1 aromatic heterocycles. The maximum absolute atomic E-state index is 12.7. The maximum Gasteiger partial charge on any atom is 0.346 e. The molecule has 0 fully saturated rings. The Morgan fingerprint density at radius 2 is 1.59 bits per heavy atom. The number of hydrogen-bond donors (Lipinski definition) is 0. The van der Waals surface area contributed by atoms with Crippen molar-refractivity contribution in [3.8, 4) is 11.5 Å². The summed E-state index contributed by atoms with van der Waals surface area (Å²) in [4.78, 5) is 12.0. The van der Waals surface area contributed by atoms with E-state index < -0.39 is 16.0 Å². The molecule has 0 saturated carbocycles. The van der Waals surface area contributed by atoms with Crippen molar-refractivity contribution < 1.29 is 27.1 Å². The number of sulfonamides is 1. The summed E-state index contributed by atoms with van der Waals surface area (Å²) in [6, 6.07) is 13.8. The van der Waals surface area contributed by atoms with E-state index in [1.165, 1.54) is 57.0 Å². The van der Waals surface area contributed by atoms with E-state index in [0.29, 0.717) is 22.7 Å². The van der Waals surface area contributed by atoms with Gasteiger partial charge in [0.15, 0.2) is 0 Å². The van der Waals surface area contributed by atoms with Gasteiger partial charge >= 0.3 is 5.97 Å². The molecular weight excluding hydrogens is 370 g/mol. The monoisotopic (exact) mass is 387 g/mol. The molecule has 2 aromatic carbocycles. The SMILES string of the molecule is COc1ccc(S(=O)(=O)N(C)c2ccc(OC(=O)c3ccoc3)cc2)cc1. The van der Waals surface area contributed by atoms with E-state index in [1.54, 1.807) is 24.3 Å². The van der Waals surface area contributed by atoms with E-state index in [1.807, 2.05) is 0 Å². The summed E-state index contributed by atoms with van der Waals surface area (Å²) in [7, 11) is -0.770. The second-order valence-electron chi connectivity index (χ2n) is 5.54.